The van der Waals surface area contributed by atoms with Gasteiger partial charge < -0.3 is 14.8 Å². The van der Waals surface area contributed by atoms with Crippen LogP contribution in [0.1, 0.15) is 12.0 Å². The number of carbonyl (C=O) groups excluding carboxylic acids is 1. The van der Waals surface area contributed by atoms with Gasteiger partial charge in [-0.1, -0.05) is 6.07 Å². The zero-order valence-electron chi connectivity index (χ0n) is 12.3. The molecule has 0 atom stereocenters. The molecule has 0 bridgehead atoms. The predicted molar refractivity (Wildman–Crippen MR) is 79.4 cm³/mol. The molecule has 1 rings (SSSR count). The SMILES string of the molecule is COc1ccc(CCC(=O)NCCSC(F)(F)F)cc1OC. The van der Waals surface area contributed by atoms with Crippen LogP contribution in [0.3, 0.4) is 0 Å². The first-order valence-electron chi connectivity index (χ1n) is 6.54. The lowest BCUT2D eigenvalue weighted by atomic mass is 10.1. The van der Waals surface area contributed by atoms with Crippen molar-refractivity contribution in [2.45, 2.75) is 18.3 Å². The maximum absolute atomic E-state index is 11.9. The molecular formula is C14H18F3NO3S. The smallest absolute Gasteiger partial charge is 0.441 e. The van der Waals surface area contributed by atoms with Crippen LogP contribution in [0, 0.1) is 0 Å². The van der Waals surface area contributed by atoms with Crippen molar-refractivity contribution in [3.8, 4) is 11.5 Å². The van der Waals surface area contributed by atoms with Gasteiger partial charge in [0.15, 0.2) is 11.5 Å². The van der Waals surface area contributed by atoms with E-state index < -0.39 is 5.51 Å². The summed E-state index contributed by atoms with van der Waals surface area (Å²) in [6.45, 7) is -0.00502. The molecule has 0 radical (unpaired) electrons. The van der Waals surface area contributed by atoms with Crippen molar-refractivity contribution in [3.05, 3.63) is 23.8 Å². The van der Waals surface area contributed by atoms with Gasteiger partial charge >= 0.3 is 5.51 Å². The molecule has 0 spiro atoms. The summed E-state index contributed by atoms with van der Waals surface area (Å²) >= 11 is -0.146. The number of aryl methyl sites for hydroxylation is 1. The van der Waals surface area contributed by atoms with Gasteiger partial charge in [-0.05, 0) is 35.9 Å². The Morgan fingerprint density at radius 1 is 1.23 bits per heavy atom. The predicted octanol–water partition coefficient (Wildman–Crippen LogP) is 3.01. The lowest BCUT2D eigenvalue weighted by Crippen LogP contribution is -2.26. The quantitative estimate of drug-likeness (QED) is 0.741. The molecule has 22 heavy (non-hydrogen) atoms. The van der Waals surface area contributed by atoms with E-state index in [2.05, 4.69) is 5.32 Å². The minimum Gasteiger partial charge on any atom is -0.493 e. The molecule has 0 aliphatic rings. The van der Waals surface area contributed by atoms with Crippen LogP contribution in [-0.4, -0.2) is 37.9 Å². The van der Waals surface area contributed by atoms with E-state index in [4.69, 9.17) is 9.47 Å². The molecule has 0 aromatic heterocycles. The first-order chi connectivity index (χ1) is 10.4. The third kappa shape index (κ3) is 6.93. The molecule has 4 nitrogen and oxygen atoms in total. The van der Waals surface area contributed by atoms with Gasteiger partial charge in [0.2, 0.25) is 5.91 Å². The molecule has 0 fully saturated rings. The lowest BCUT2D eigenvalue weighted by molar-refractivity contribution is -0.120. The van der Waals surface area contributed by atoms with Crippen LogP contribution >= 0.6 is 11.8 Å². The number of methoxy groups -OCH3 is 2. The second-order valence-corrected chi connectivity index (χ2v) is 5.49. The van der Waals surface area contributed by atoms with Crippen molar-refractivity contribution >= 4 is 17.7 Å². The number of amides is 1. The Morgan fingerprint density at radius 3 is 2.50 bits per heavy atom. The van der Waals surface area contributed by atoms with Crippen molar-refractivity contribution < 1.29 is 27.4 Å². The van der Waals surface area contributed by atoms with Crippen LogP contribution in [0.25, 0.3) is 0 Å². The third-order valence-electron chi connectivity index (χ3n) is 2.78. The molecule has 0 aliphatic heterocycles. The van der Waals surface area contributed by atoms with Gasteiger partial charge in [-0.25, -0.2) is 0 Å². The molecule has 0 aliphatic carbocycles. The molecule has 0 saturated carbocycles. The van der Waals surface area contributed by atoms with Crippen molar-refractivity contribution in [1.29, 1.82) is 0 Å². The van der Waals surface area contributed by atoms with E-state index in [0.29, 0.717) is 17.9 Å². The van der Waals surface area contributed by atoms with Crippen LogP contribution in [0.5, 0.6) is 11.5 Å². The number of nitrogens with one attached hydrogen (secondary N) is 1. The number of ether oxygens (including phenoxy) is 2. The number of alkyl halides is 3. The van der Waals surface area contributed by atoms with Gasteiger partial charge in [0.25, 0.3) is 0 Å². The number of halogens is 3. The third-order valence-corrected chi connectivity index (χ3v) is 3.51. The highest BCUT2D eigenvalue weighted by molar-refractivity contribution is 8.00. The number of rotatable bonds is 8. The van der Waals surface area contributed by atoms with Crippen LogP contribution in [0.15, 0.2) is 18.2 Å². The van der Waals surface area contributed by atoms with Crippen molar-refractivity contribution in [2.24, 2.45) is 0 Å². The van der Waals surface area contributed by atoms with E-state index in [1.165, 1.54) is 14.2 Å². The van der Waals surface area contributed by atoms with Gasteiger partial charge in [0, 0.05) is 18.7 Å². The molecule has 124 valence electrons. The summed E-state index contributed by atoms with van der Waals surface area (Å²) in [7, 11) is 3.05. The number of benzene rings is 1. The van der Waals surface area contributed by atoms with E-state index in [9.17, 15) is 18.0 Å². The lowest BCUT2D eigenvalue weighted by Gasteiger charge is -2.10. The minimum absolute atomic E-state index is 0.00502. The van der Waals surface area contributed by atoms with Gasteiger partial charge in [-0.2, -0.15) is 13.2 Å². The van der Waals surface area contributed by atoms with Crippen LogP contribution in [0.4, 0.5) is 13.2 Å². The average Bonchev–Trinajstić information content (AvgIpc) is 2.48. The highest BCUT2D eigenvalue weighted by Crippen LogP contribution is 2.29. The molecule has 0 saturated heterocycles. The summed E-state index contributed by atoms with van der Waals surface area (Å²) in [6, 6.07) is 5.33. The highest BCUT2D eigenvalue weighted by atomic mass is 32.2. The first-order valence-corrected chi connectivity index (χ1v) is 7.52. The van der Waals surface area contributed by atoms with Crippen LogP contribution < -0.4 is 14.8 Å². The Labute approximate surface area is 131 Å². The van der Waals surface area contributed by atoms with Crippen molar-refractivity contribution in [2.75, 3.05) is 26.5 Å². The number of hydrogen-bond donors (Lipinski definition) is 1. The summed E-state index contributed by atoms with van der Waals surface area (Å²) in [5.74, 6) is 0.699. The average molecular weight is 337 g/mol. The van der Waals surface area contributed by atoms with Crippen LogP contribution in [0.2, 0.25) is 0 Å². The highest BCUT2D eigenvalue weighted by Gasteiger charge is 2.27. The molecule has 0 heterocycles. The Morgan fingerprint density at radius 2 is 1.91 bits per heavy atom. The molecule has 1 aromatic rings. The number of hydrogen-bond acceptors (Lipinski definition) is 4. The zero-order chi connectivity index (χ0) is 16.6. The monoisotopic (exact) mass is 337 g/mol. The summed E-state index contributed by atoms with van der Waals surface area (Å²) in [6.07, 6.45) is 0.671. The molecule has 1 amide bonds. The molecule has 1 N–H and O–H groups in total. The van der Waals surface area contributed by atoms with E-state index in [1.807, 2.05) is 6.07 Å². The zero-order valence-corrected chi connectivity index (χ0v) is 13.1. The number of carbonyl (C=O) groups is 1. The molecule has 8 heteroatoms. The van der Waals surface area contributed by atoms with Gasteiger partial charge in [-0.3, -0.25) is 4.79 Å². The van der Waals surface area contributed by atoms with Crippen molar-refractivity contribution in [1.82, 2.24) is 5.32 Å². The summed E-state index contributed by atoms with van der Waals surface area (Å²) in [5, 5.41) is 2.46. The molecular weight excluding hydrogens is 319 g/mol. The Hall–Kier alpha value is -1.57. The summed E-state index contributed by atoms with van der Waals surface area (Å²) in [4.78, 5) is 11.6. The Kier molecular flexibility index (Phi) is 7.37. The second kappa shape index (κ2) is 8.77. The fourth-order valence-electron chi connectivity index (χ4n) is 1.74. The summed E-state index contributed by atoms with van der Waals surface area (Å²) < 4.78 is 46.0. The van der Waals surface area contributed by atoms with E-state index in [0.717, 1.165) is 5.56 Å². The van der Waals surface area contributed by atoms with Gasteiger partial charge in [-0.15, -0.1) is 0 Å². The normalized spacial score (nSPS) is 11.1. The minimum atomic E-state index is -4.26. The molecule has 0 unspecified atom stereocenters. The van der Waals surface area contributed by atoms with Gasteiger partial charge in [0.1, 0.15) is 0 Å². The van der Waals surface area contributed by atoms with Crippen LogP contribution in [-0.2, 0) is 11.2 Å². The maximum atomic E-state index is 11.9. The molecule has 1 aromatic carbocycles. The second-order valence-electron chi connectivity index (χ2n) is 4.33. The standard InChI is InChI=1S/C14H18F3NO3S/c1-20-11-5-3-10(9-12(11)21-2)4-6-13(19)18-7-8-22-14(15,16)17/h3,5,9H,4,6-8H2,1-2H3,(H,18,19). The van der Waals surface area contributed by atoms with E-state index >= 15 is 0 Å². The summed E-state index contributed by atoms with van der Waals surface area (Å²) in [5.41, 5.74) is -3.37. The van der Waals surface area contributed by atoms with E-state index in [1.54, 1.807) is 12.1 Å². The maximum Gasteiger partial charge on any atom is 0.441 e. The Bertz CT molecular complexity index is 495. The van der Waals surface area contributed by atoms with E-state index in [-0.39, 0.29) is 36.4 Å². The first kappa shape index (κ1) is 18.5. The fraction of sp³-hybridized carbons (Fsp3) is 0.500. The largest absolute Gasteiger partial charge is 0.493 e. The van der Waals surface area contributed by atoms with Crippen molar-refractivity contribution in [3.63, 3.8) is 0 Å². The topological polar surface area (TPSA) is 47.6 Å². The Balaban J connectivity index is 2.35. The number of thioether (sulfide) groups is 1. The fourth-order valence-corrected chi connectivity index (χ4v) is 2.18. The van der Waals surface area contributed by atoms with Gasteiger partial charge in [0.05, 0.1) is 14.2 Å².